The van der Waals surface area contributed by atoms with Crippen LogP contribution in [0.15, 0.2) is 18.2 Å². The second kappa shape index (κ2) is 2.27. The normalized spacial score (nSPS) is 15.2. The van der Waals surface area contributed by atoms with Gasteiger partial charge in [-0.25, -0.2) is 0 Å². The van der Waals surface area contributed by atoms with Gasteiger partial charge in [-0.3, -0.25) is 0 Å². The molecule has 0 aliphatic carbocycles. The molecule has 11 heavy (non-hydrogen) atoms. The molecule has 2 N–H and O–H groups in total. The van der Waals surface area contributed by atoms with Gasteiger partial charge in [-0.05, 0) is 30.3 Å². The molecule has 2 rings (SSSR count). The Bertz CT molecular complexity index is 285. The van der Waals surface area contributed by atoms with Gasteiger partial charge in [-0.1, -0.05) is 11.6 Å². The zero-order valence-corrected chi connectivity index (χ0v) is 6.12. The summed E-state index contributed by atoms with van der Waals surface area (Å²) in [7, 11) is 0. The molecule has 3 heteroatoms. The zero-order valence-electron chi connectivity index (χ0n) is 6.12. The maximum atomic E-state index is 9.39. The Hall–Kier alpha value is -0.955. The fraction of sp³-hybridized carbons (Fsp3) is 0.250. The summed E-state index contributed by atoms with van der Waals surface area (Å²) in [6.07, 6.45) is 1.72. The van der Waals surface area contributed by atoms with Crippen LogP contribution in [-0.2, 0) is 6.42 Å². The minimum Gasteiger partial charge on any atom is -0.508 e. The minimum absolute atomic E-state index is 0.240. The van der Waals surface area contributed by atoms with Crippen molar-refractivity contribution in [1.29, 1.82) is 0 Å². The first-order valence-corrected chi connectivity index (χ1v) is 3.77. The summed E-state index contributed by atoms with van der Waals surface area (Å²) in [4.78, 5) is 0. The van der Waals surface area contributed by atoms with Crippen LogP contribution in [0.3, 0.4) is 0 Å². The van der Waals surface area contributed by atoms with E-state index in [-0.39, 0.29) is 12.7 Å². The summed E-state index contributed by atoms with van der Waals surface area (Å²) in [5.41, 5.74) is 2.06. The average molecular weight is 148 g/mol. The number of aryl methyl sites for hydroxylation is 1. The topological polar surface area (TPSA) is 40.5 Å². The highest BCUT2D eigenvalue weighted by atomic mass is 16.3. The summed E-state index contributed by atoms with van der Waals surface area (Å²) >= 11 is 0. The molecule has 56 valence electrons. The highest BCUT2D eigenvalue weighted by Crippen LogP contribution is 2.16. The zero-order chi connectivity index (χ0) is 7.84. The molecule has 1 aromatic rings. The molecule has 1 aromatic carbocycles. The van der Waals surface area contributed by atoms with E-state index in [0.717, 1.165) is 23.8 Å². The number of phenolic OH excluding ortho intramolecular Hbond substituents is 1. The molecule has 0 radical (unpaired) electrons. The van der Waals surface area contributed by atoms with Crippen molar-refractivity contribution in [3.05, 3.63) is 23.8 Å². The summed E-state index contributed by atoms with van der Waals surface area (Å²) in [5, 5.41) is 18.5. The molecule has 0 saturated carbocycles. The molecule has 1 aliphatic heterocycles. The van der Waals surface area contributed by atoms with Crippen LogP contribution in [-0.4, -0.2) is 17.0 Å². The van der Waals surface area contributed by atoms with Gasteiger partial charge in [0.25, 0.3) is 0 Å². The lowest BCUT2D eigenvalue weighted by atomic mass is 9.63. The van der Waals surface area contributed by atoms with Gasteiger partial charge < -0.3 is 10.1 Å². The molecule has 0 amide bonds. The van der Waals surface area contributed by atoms with Gasteiger partial charge in [-0.15, -0.1) is 0 Å². The lowest BCUT2D eigenvalue weighted by molar-refractivity contribution is 0.475. The third-order valence-electron chi connectivity index (χ3n) is 2.18. The third kappa shape index (κ3) is 1.01. The minimum atomic E-state index is -0.364. The molecule has 0 spiro atoms. The van der Waals surface area contributed by atoms with Crippen LogP contribution >= 0.6 is 0 Å². The monoisotopic (exact) mass is 148 g/mol. The maximum absolute atomic E-state index is 9.39. The molecule has 1 aliphatic rings. The molecule has 0 saturated heterocycles. The second-order valence-electron chi connectivity index (χ2n) is 2.94. The Kier molecular flexibility index (Phi) is 1.39. The fourth-order valence-electron chi connectivity index (χ4n) is 1.57. The smallest absolute Gasteiger partial charge is 0.324 e. The van der Waals surface area contributed by atoms with Crippen molar-refractivity contribution in [3.8, 4) is 5.75 Å². The molecular formula is C8H9BO2. The summed E-state index contributed by atoms with van der Waals surface area (Å²) in [5.74, 6) is 0.240. The molecule has 0 unspecified atom stereocenters. The van der Waals surface area contributed by atoms with Crippen LogP contribution in [0.5, 0.6) is 5.75 Å². The Morgan fingerprint density at radius 1 is 1.36 bits per heavy atom. The molecule has 0 atom stereocenters. The standard InChI is InChI=1S/C8H9BO2/c10-7-2-1-6-3-4-9(11)8(6)5-7/h1-2,5,10-11H,3-4H2. The van der Waals surface area contributed by atoms with Gasteiger partial charge >= 0.3 is 6.92 Å². The Labute approximate surface area is 65.6 Å². The van der Waals surface area contributed by atoms with E-state index in [4.69, 9.17) is 5.11 Å². The van der Waals surface area contributed by atoms with E-state index < -0.39 is 0 Å². The van der Waals surface area contributed by atoms with Gasteiger partial charge in [0.2, 0.25) is 0 Å². The number of fused-ring (bicyclic) bond motifs is 1. The van der Waals surface area contributed by atoms with Crippen LogP contribution < -0.4 is 5.46 Å². The van der Waals surface area contributed by atoms with Gasteiger partial charge in [0.1, 0.15) is 5.75 Å². The molecular weight excluding hydrogens is 139 g/mol. The number of rotatable bonds is 0. The molecule has 0 fully saturated rings. The first-order valence-electron chi connectivity index (χ1n) is 3.77. The lowest BCUT2D eigenvalue weighted by Gasteiger charge is -2.00. The Balaban J connectivity index is 2.52. The second-order valence-corrected chi connectivity index (χ2v) is 2.94. The van der Waals surface area contributed by atoms with Crippen molar-refractivity contribution in [1.82, 2.24) is 0 Å². The predicted molar refractivity (Wildman–Crippen MR) is 44.2 cm³/mol. The van der Waals surface area contributed by atoms with Gasteiger partial charge in [0.05, 0.1) is 0 Å². The van der Waals surface area contributed by atoms with E-state index in [0.29, 0.717) is 0 Å². The highest BCUT2D eigenvalue weighted by molar-refractivity contribution is 6.68. The van der Waals surface area contributed by atoms with Crippen LogP contribution in [0.25, 0.3) is 0 Å². The number of aromatic hydroxyl groups is 1. The lowest BCUT2D eigenvalue weighted by Crippen LogP contribution is -2.25. The first kappa shape index (κ1) is 6.74. The maximum Gasteiger partial charge on any atom is 0.324 e. The van der Waals surface area contributed by atoms with Gasteiger partial charge in [0, 0.05) is 0 Å². The van der Waals surface area contributed by atoms with Crippen molar-refractivity contribution in [2.75, 3.05) is 0 Å². The SMILES string of the molecule is OB1CCc2ccc(O)cc21. The van der Waals surface area contributed by atoms with E-state index in [1.54, 1.807) is 12.1 Å². The van der Waals surface area contributed by atoms with Crippen molar-refractivity contribution in [2.45, 2.75) is 12.7 Å². The predicted octanol–water partition coefficient (Wildman–Crippen LogP) is 0.139. The molecule has 0 aromatic heterocycles. The number of phenols is 1. The van der Waals surface area contributed by atoms with E-state index >= 15 is 0 Å². The molecule has 0 bridgehead atoms. The van der Waals surface area contributed by atoms with Crippen LogP contribution in [0.2, 0.25) is 6.32 Å². The quantitative estimate of drug-likeness (QED) is 0.513. The number of hydrogen-bond donors (Lipinski definition) is 2. The number of benzene rings is 1. The van der Waals surface area contributed by atoms with Crippen LogP contribution in [0, 0.1) is 0 Å². The van der Waals surface area contributed by atoms with E-state index in [2.05, 4.69) is 0 Å². The fourth-order valence-corrected chi connectivity index (χ4v) is 1.57. The number of hydrogen-bond acceptors (Lipinski definition) is 2. The van der Waals surface area contributed by atoms with Crippen molar-refractivity contribution < 1.29 is 10.1 Å². The Morgan fingerprint density at radius 2 is 2.18 bits per heavy atom. The van der Waals surface area contributed by atoms with Crippen molar-refractivity contribution >= 4 is 12.4 Å². The van der Waals surface area contributed by atoms with Gasteiger partial charge in [0.15, 0.2) is 0 Å². The summed E-state index contributed by atoms with van der Waals surface area (Å²) < 4.78 is 0. The highest BCUT2D eigenvalue weighted by Gasteiger charge is 2.24. The Morgan fingerprint density at radius 3 is 3.00 bits per heavy atom. The van der Waals surface area contributed by atoms with Crippen molar-refractivity contribution in [3.63, 3.8) is 0 Å². The molecule has 1 heterocycles. The van der Waals surface area contributed by atoms with Crippen molar-refractivity contribution in [2.24, 2.45) is 0 Å². The van der Waals surface area contributed by atoms with Gasteiger partial charge in [-0.2, -0.15) is 0 Å². The van der Waals surface area contributed by atoms with Crippen LogP contribution in [0.1, 0.15) is 5.56 Å². The first-order chi connectivity index (χ1) is 5.27. The summed E-state index contributed by atoms with van der Waals surface area (Å²) in [6, 6.07) is 5.19. The van der Waals surface area contributed by atoms with E-state index in [1.165, 1.54) is 0 Å². The third-order valence-corrected chi connectivity index (χ3v) is 2.18. The average Bonchev–Trinajstić information content (AvgIpc) is 2.33. The van der Waals surface area contributed by atoms with E-state index in [1.807, 2.05) is 6.07 Å². The molecule has 2 nitrogen and oxygen atoms in total. The largest absolute Gasteiger partial charge is 0.508 e. The summed E-state index contributed by atoms with van der Waals surface area (Å²) in [6.45, 7) is -0.364. The van der Waals surface area contributed by atoms with Crippen LogP contribution in [0.4, 0.5) is 0 Å². The van der Waals surface area contributed by atoms with E-state index in [9.17, 15) is 5.02 Å².